The number of hydrogen-bond donors (Lipinski definition) is 1. The highest BCUT2D eigenvalue weighted by atomic mass is 16.5. The van der Waals surface area contributed by atoms with Crippen molar-refractivity contribution in [3.63, 3.8) is 0 Å². The van der Waals surface area contributed by atoms with E-state index in [0.29, 0.717) is 17.2 Å². The fourth-order valence-electron chi connectivity index (χ4n) is 6.49. The normalized spacial score (nSPS) is 24.3. The monoisotopic (exact) mass is 510 g/mol. The predicted octanol–water partition coefficient (Wildman–Crippen LogP) is 5.07. The molecule has 3 fully saturated rings. The van der Waals surface area contributed by atoms with E-state index < -0.39 is 6.04 Å². The molecule has 2 bridgehead atoms. The smallest absolute Gasteiger partial charge is 0.248 e. The maximum Gasteiger partial charge on any atom is 0.248 e. The van der Waals surface area contributed by atoms with Gasteiger partial charge in [-0.05, 0) is 85.2 Å². The zero-order chi connectivity index (χ0) is 26.2. The third-order valence-electron chi connectivity index (χ3n) is 8.26. The molecule has 194 valence electrons. The zero-order valence-electron chi connectivity index (χ0n) is 21.2. The highest BCUT2D eigenvalue weighted by Crippen LogP contribution is 2.56. The van der Waals surface area contributed by atoms with Crippen molar-refractivity contribution in [2.45, 2.75) is 31.7 Å². The molecule has 1 heterocycles. The summed E-state index contributed by atoms with van der Waals surface area (Å²) in [5.41, 5.74) is 1.46. The summed E-state index contributed by atoms with van der Waals surface area (Å²) < 4.78 is 11.0. The van der Waals surface area contributed by atoms with Gasteiger partial charge in [-0.3, -0.25) is 19.3 Å². The number of likely N-dealkylation sites (tertiary alicyclic amines) is 1. The van der Waals surface area contributed by atoms with Gasteiger partial charge in [0.15, 0.2) is 0 Å². The first-order valence-electron chi connectivity index (χ1n) is 13.2. The Bertz CT molecular complexity index is 1310. The van der Waals surface area contributed by atoms with Crippen LogP contribution >= 0.6 is 0 Å². The van der Waals surface area contributed by atoms with E-state index in [1.807, 2.05) is 54.6 Å². The molecule has 2 saturated carbocycles. The lowest BCUT2D eigenvalue weighted by Gasteiger charge is -2.27. The molecular formula is C31H30N2O5. The van der Waals surface area contributed by atoms with Gasteiger partial charge in [-0.2, -0.15) is 0 Å². The lowest BCUT2D eigenvalue weighted by atomic mass is 9.81. The molecule has 3 aliphatic rings. The summed E-state index contributed by atoms with van der Waals surface area (Å²) in [6, 6.07) is 22.9. The second-order valence-corrected chi connectivity index (χ2v) is 10.4. The third kappa shape index (κ3) is 4.42. The first-order valence-corrected chi connectivity index (χ1v) is 13.2. The van der Waals surface area contributed by atoms with Gasteiger partial charge in [-0.1, -0.05) is 30.3 Å². The number of methoxy groups -OCH3 is 1. The Morgan fingerprint density at radius 2 is 1.39 bits per heavy atom. The molecular weight excluding hydrogens is 480 g/mol. The number of benzene rings is 3. The van der Waals surface area contributed by atoms with Gasteiger partial charge in [0.1, 0.15) is 23.3 Å². The van der Waals surface area contributed by atoms with Gasteiger partial charge < -0.3 is 14.8 Å². The van der Waals surface area contributed by atoms with Crippen LogP contribution in [0, 0.1) is 23.7 Å². The van der Waals surface area contributed by atoms with E-state index in [4.69, 9.17) is 9.47 Å². The summed E-state index contributed by atoms with van der Waals surface area (Å²) in [5, 5.41) is 2.93. The van der Waals surface area contributed by atoms with Gasteiger partial charge in [-0.25, -0.2) is 0 Å². The van der Waals surface area contributed by atoms with Crippen molar-refractivity contribution in [1.29, 1.82) is 0 Å². The average molecular weight is 511 g/mol. The highest BCUT2D eigenvalue weighted by molar-refractivity contribution is 6.10. The first kappa shape index (κ1) is 24.2. The second kappa shape index (κ2) is 9.97. The number of anilines is 1. The van der Waals surface area contributed by atoms with Crippen LogP contribution in [0.1, 0.15) is 24.8 Å². The number of amides is 3. The van der Waals surface area contributed by atoms with Crippen molar-refractivity contribution < 1.29 is 23.9 Å². The van der Waals surface area contributed by atoms with E-state index in [1.54, 1.807) is 31.4 Å². The average Bonchev–Trinajstić information content (AvgIpc) is 3.63. The fraction of sp³-hybridized carbons (Fsp3) is 0.323. The number of nitrogens with zero attached hydrogens (tertiary/aromatic N) is 1. The highest BCUT2D eigenvalue weighted by Gasteiger charge is 2.62. The van der Waals surface area contributed by atoms with Crippen LogP contribution in [0.3, 0.4) is 0 Å². The quantitative estimate of drug-likeness (QED) is 0.428. The molecule has 3 amide bonds. The maximum atomic E-state index is 13.6. The number of nitrogens with one attached hydrogen (secondary N) is 1. The molecule has 1 saturated heterocycles. The molecule has 0 radical (unpaired) electrons. The Labute approximate surface area is 221 Å². The fourth-order valence-corrected chi connectivity index (χ4v) is 6.49. The predicted molar refractivity (Wildman–Crippen MR) is 142 cm³/mol. The number of carbonyl (C=O) groups excluding carboxylic acids is 3. The van der Waals surface area contributed by atoms with E-state index >= 15 is 0 Å². The van der Waals surface area contributed by atoms with Gasteiger partial charge in [-0.15, -0.1) is 0 Å². The lowest BCUT2D eigenvalue weighted by molar-refractivity contribution is -0.147. The van der Waals surface area contributed by atoms with E-state index in [0.717, 1.165) is 30.6 Å². The van der Waals surface area contributed by atoms with Crippen LogP contribution in [0.5, 0.6) is 17.2 Å². The Balaban J connectivity index is 1.20. The van der Waals surface area contributed by atoms with Gasteiger partial charge in [0.25, 0.3) is 0 Å². The number of hydrogen-bond acceptors (Lipinski definition) is 5. The van der Waals surface area contributed by atoms with Crippen molar-refractivity contribution in [3.8, 4) is 17.2 Å². The molecule has 7 heteroatoms. The Morgan fingerprint density at radius 1 is 0.842 bits per heavy atom. The van der Waals surface area contributed by atoms with E-state index in [9.17, 15) is 14.4 Å². The first-order chi connectivity index (χ1) is 18.5. The molecule has 0 aromatic heterocycles. The standard InChI is InChI=1S/C31H30N2O5/c1-37-23-13-15-25(16-14-23)38-24-11-9-22(10-12-24)32-29(34)26(17-19-5-3-2-4-6-19)33-30(35)27-20-7-8-21(18-20)28(27)31(33)36/h2-6,9-16,20-21,26-28H,7-8,17-18H2,1H3,(H,32,34)/t20-,21-,26-,27-,28-/m0/s1. The van der Waals surface area contributed by atoms with Gasteiger partial charge in [0.2, 0.25) is 17.7 Å². The molecule has 6 rings (SSSR count). The molecule has 0 unspecified atom stereocenters. The molecule has 0 spiro atoms. The molecule has 3 aromatic rings. The summed E-state index contributed by atoms with van der Waals surface area (Å²) >= 11 is 0. The summed E-state index contributed by atoms with van der Waals surface area (Å²) in [6.07, 6.45) is 3.23. The largest absolute Gasteiger partial charge is 0.497 e. The van der Waals surface area contributed by atoms with Crippen LogP contribution in [-0.2, 0) is 20.8 Å². The molecule has 1 N–H and O–H groups in total. The Hall–Kier alpha value is -4.13. The number of rotatable bonds is 8. The number of carbonyl (C=O) groups is 3. The number of ether oxygens (including phenoxy) is 2. The van der Waals surface area contributed by atoms with Crippen LogP contribution in [0.25, 0.3) is 0 Å². The Kier molecular flexibility index (Phi) is 6.35. The molecule has 2 aliphatic carbocycles. The minimum atomic E-state index is -0.905. The maximum absolute atomic E-state index is 13.6. The van der Waals surface area contributed by atoms with Crippen LogP contribution in [0.4, 0.5) is 5.69 Å². The van der Waals surface area contributed by atoms with E-state index in [1.165, 1.54) is 4.90 Å². The van der Waals surface area contributed by atoms with E-state index in [-0.39, 0.29) is 47.8 Å². The summed E-state index contributed by atoms with van der Waals surface area (Å²) in [4.78, 5) is 42.0. The number of imide groups is 1. The zero-order valence-corrected chi connectivity index (χ0v) is 21.2. The van der Waals surface area contributed by atoms with Crippen molar-refractivity contribution in [2.75, 3.05) is 12.4 Å². The van der Waals surface area contributed by atoms with Crippen molar-refractivity contribution >= 4 is 23.4 Å². The van der Waals surface area contributed by atoms with Crippen molar-refractivity contribution in [3.05, 3.63) is 84.4 Å². The van der Waals surface area contributed by atoms with Gasteiger partial charge >= 0.3 is 0 Å². The van der Waals surface area contributed by atoms with Crippen LogP contribution in [-0.4, -0.2) is 35.8 Å². The molecule has 5 atom stereocenters. The lowest BCUT2D eigenvalue weighted by Crippen LogP contribution is -2.49. The second-order valence-electron chi connectivity index (χ2n) is 10.4. The van der Waals surface area contributed by atoms with Gasteiger partial charge in [0.05, 0.1) is 18.9 Å². The molecule has 3 aromatic carbocycles. The minimum Gasteiger partial charge on any atom is -0.497 e. The number of fused-ring (bicyclic) bond motifs is 5. The summed E-state index contributed by atoms with van der Waals surface area (Å²) in [7, 11) is 1.61. The third-order valence-corrected chi connectivity index (χ3v) is 8.26. The molecule has 1 aliphatic heterocycles. The van der Waals surface area contributed by atoms with Crippen LogP contribution in [0.15, 0.2) is 78.9 Å². The minimum absolute atomic E-state index is 0.175. The molecule has 38 heavy (non-hydrogen) atoms. The van der Waals surface area contributed by atoms with Crippen molar-refractivity contribution in [1.82, 2.24) is 4.90 Å². The molecule has 7 nitrogen and oxygen atoms in total. The summed E-state index contributed by atoms with van der Waals surface area (Å²) in [5.74, 6) is 1.31. The van der Waals surface area contributed by atoms with Gasteiger partial charge in [0, 0.05) is 12.1 Å². The van der Waals surface area contributed by atoms with E-state index in [2.05, 4.69) is 5.32 Å². The van der Waals surface area contributed by atoms with Crippen LogP contribution in [0.2, 0.25) is 0 Å². The van der Waals surface area contributed by atoms with Crippen molar-refractivity contribution in [2.24, 2.45) is 23.7 Å². The SMILES string of the molecule is COc1ccc(Oc2ccc(NC(=O)[C@H](Cc3ccccc3)N3C(=O)[C@H]4[C@H]5CC[C@@H](C5)[C@@H]4C3=O)cc2)cc1. The topological polar surface area (TPSA) is 84.9 Å². The summed E-state index contributed by atoms with van der Waals surface area (Å²) in [6.45, 7) is 0. The van der Waals surface area contributed by atoms with Crippen LogP contribution < -0.4 is 14.8 Å². The Morgan fingerprint density at radius 3 is 1.97 bits per heavy atom.